The number of benzene rings is 1. The Morgan fingerprint density at radius 1 is 1.47 bits per heavy atom. The number of hydrogen-bond donors (Lipinski definition) is 2. The summed E-state index contributed by atoms with van der Waals surface area (Å²) in [6.07, 6.45) is 1.19. The molecule has 104 valence electrons. The fourth-order valence-electron chi connectivity index (χ4n) is 2.36. The van der Waals surface area contributed by atoms with Crippen molar-refractivity contribution in [2.45, 2.75) is 20.3 Å². The average Bonchev–Trinajstić information content (AvgIpc) is 2.93. The summed E-state index contributed by atoms with van der Waals surface area (Å²) < 4.78 is 0. The molecule has 1 amide bonds. The predicted molar refractivity (Wildman–Crippen MR) is 79.4 cm³/mol. The second-order valence-electron chi connectivity index (χ2n) is 6.27. The lowest BCUT2D eigenvalue weighted by molar-refractivity contribution is 0.0951. The topological polar surface area (TPSA) is 58.4 Å². The second kappa shape index (κ2) is 4.76. The first-order valence-corrected chi connectivity index (χ1v) is 6.66. The van der Waals surface area contributed by atoms with Crippen LogP contribution in [0.2, 0.25) is 0 Å². The van der Waals surface area contributed by atoms with E-state index in [1.807, 2.05) is 31.1 Å². The molecule has 1 aromatic carbocycles. The zero-order chi connectivity index (χ0) is 14.2. The molecule has 0 aromatic heterocycles. The molecule has 0 radical (unpaired) electrons. The Kier molecular flexibility index (Phi) is 3.43. The van der Waals surface area contributed by atoms with Crippen molar-refractivity contribution in [3.63, 3.8) is 0 Å². The minimum atomic E-state index is -0.0429. The third-order valence-corrected chi connectivity index (χ3v) is 3.97. The molecule has 1 aliphatic carbocycles. The molecular weight excluding hydrogens is 238 g/mol. The molecule has 3 N–H and O–H groups in total. The number of hydrogen-bond acceptors (Lipinski definition) is 3. The Balaban J connectivity index is 2.08. The highest BCUT2D eigenvalue weighted by Crippen LogP contribution is 2.51. The third-order valence-electron chi connectivity index (χ3n) is 3.97. The van der Waals surface area contributed by atoms with Crippen LogP contribution in [-0.2, 0) is 0 Å². The van der Waals surface area contributed by atoms with E-state index in [-0.39, 0.29) is 5.91 Å². The van der Waals surface area contributed by atoms with Gasteiger partial charge in [-0.05, 0) is 36.0 Å². The van der Waals surface area contributed by atoms with Crippen LogP contribution in [0.5, 0.6) is 0 Å². The van der Waals surface area contributed by atoms with Crippen molar-refractivity contribution in [3.05, 3.63) is 23.8 Å². The van der Waals surface area contributed by atoms with Gasteiger partial charge in [0.15, 0.2) is 0 Å². The van der Waals surface area contributed by atoms with Crippen LogP contribution < -0.4 is 16.0 Å². The highest BCUT2D eigenvalue weighted by molar-refractivity contribution is 6.00. The van der Waals surface area contributed by atoms with Crippen molar-refractivity contribution in [2.24, 2.45) is 11.3 Å². The lowest BCUT2D eigenvalue weighted by Crippen LogP contribution is -2.28. The van der Waals surface area contributed by atoms with Crippen molar-refractivity contribution in [1.82, 2.24) is 5.32 Å². The van der Waals surface area contributed by atoms with Crippen LogP contribution in [0.1, 0.15) is 30.6 Å². The Morgan fingerprint density at radius 3 is 2.63 bits per heavy atom. The molecule has 19 heavy (non-hydrogen) atoms. The minimum Gasteiger partial charge on any atom is -0.399 e. The molecule has 4 heteroatoms. The fraction of sp³-hybridized carbons (Fsp3) is 0.533. The normalized spacial score (nSPS) is 19.9. The van der Waals surface area contributed by atoms with Crippen LogP contribution in [-0.4, -0.2) is 26.5 Å². The Labute approximate surface area is 115 Å². The predicted octanol–water partition coefficient (Wildman–Crippen LogP) is 2.11. The quantitative estimate of drug-likeness (QED) is 0.816. The summed E-state index contributed by atoms with van der Waals surface area (Å²) in [6.45, 7) is 5.21. The van der Waals surface area contributed by atoms with E-state index in [0.29, 0.717) is 22.6 Å². The highest BCUT2D eigenvalue weighted by Gasteiger charge is 2.45. The van der Waals surface area contributed by atoms with Crippen molar-refractivity contribution < 1.29 is 4.79 Å². The van der Waals surface area contributed by atoms with Crippen LogP contribution >= 0.6 is 0 Å². The van der Waals surface area contributed by atoms with Crippen molar-refractivity contribution in [2.75, 3.05) is 31.3 Å². The van der Waals surface area contributed by atoms with E-state index in [9.17, 15) is 4.79 Å². The van der Waals surface area contributed by atoms with Crippen LogP contribution in [0.25, 0.3) is 0 Å². The second-order valence-corrected chi connectivity index (χ2v) is 6.27. The molecule has 1 aromatic rings. The number of nitrogens with zero attached hydrogens (tertiary/aromatic N) is 1. The lowest BCUT2D eigenvalue weighted by Gasteiger charge is -2.17. The molecule has 0 heterocycles. The molecule has 2 rings (SSSR count). The zero-order valence-electron chi connectivity index (χ0n) is 12.2. The third kappa shape index (κ3) is 3.00. The van der Waals surface area contributed by atoms with Gasteiger partial charge >= 0.3 is 0 Å². The lowest BCUT2D eigenvalue weighted by atomic mass is 10.1. The molecule has 1 unspecified atom stereocenters. The Morgan fingerprint density at radius 2 is 2.11 bits per heavy atom. The van der Waals surface area contributed by atoms with E-state index in [0.717, 1.165) is 12.2 Å². The van der Waals surface area contributed by atoms with Crippen LogP contribution in [0.15, 0.2) is 18.2 Å². The summed E-state index contributed by atoms with van der Waals surface area (Å²) in [5.41, 5.74) is 8.31. The monoisotopic (exact) mass is 261 g/mol. The van der Waals surface area contributed by atoms with Gasteiger partial charge in [-0.1, -0.05) is 13.8 Å². The first-order chi connectivity index (χ1) is 8.81. The van der Waals surface area contributed by atoms with E-state index in [1.165, 1.54) is 6.42 Å². The van der Waals surface area contributed by atoms with Gasteiger partial charge < -0.3 is 16.0 Å². The molecule has 1 fully saturated rings. The van der Waals surface area contributed by atoms with Gasteiger partial charge in [0, 0.05) is 32.0 Å². The average molecular weight is 261 g/mol. The van der Waals surface area contributed by atoms with Crippen molar-refractivity contribution in [1.29, 1.82) is 0 Å². The van der Waals surface area contributed by atoms with E-state index in [2.05, 4.69) is 19.2 Å². The SMILES string of the molecule is CN(C)c1ccc(N)cc1C(=O)NCC1CC1(C)C. The number of nitrogens with one attached hydrogen (secondary N) is 1. The van der Waals surface area contributed by atoms with Crippen LogP contribution in [0.4, 0.5) is 11.4 Å². The maximum Gasteiger partial charge on any atom is 0.253 e. The number of carbonyl (C=O) groups excluding carboxylic acids is 1. The van der Waals surface area contributed by atoms with Gasteiger partial charge in [0.25, 0.3) is 5.91 Å². The summed E-state index contributed by atoms with van der Waals surface area (Å²) in [7, 11) is 3.85. The van der Waals surface area contributed by atoms with Gasteiger partial charge in [-0.15, -0.1) is 0 Å². The molecule has 1 saturated carbocycles. The van der Waals surface area contributed by atoms with E-state index in [4.69, 9.17) is 5.73 Å². The van der Waals surface area contributed by atoms with Gasteiger partial charge in [-0.25, -0.2) is 0 Å². The maximum atomic E-state index is 12.3. The van der Waals surface area contributed by atoms with Crippen molar-refractivity contribution >= 4 is 17.3 Å². The number of anilines is 2. The van der Waals surface area contributed by atoms with Crippen molar-refractivity contribution in [3.8, 4) is 0 Å². The summed E-state index contributed by atoms with van der Waals surface area (Å²) in [5.74, 6) is 0.555. The van der Waals surface area contributed by atoms with E-state index < -0.39 is 0 Å². The minimum absolute atomic E-state index is 0.0429. The first-order valence-electron chi connectivity index (χ1n) is 6.66. The smallest absolute Gasteiger partial charge is 0.253 e. The molecule has 0 spiro atoms. The van der Waals surface area contributed by atoms with Gasteiger partial charge in [-0.2, -0.15) is 0 Å². The van der Waals surface area contributed by atoms with Gasteiger partial charge in [0.1, 0.15) is 0 Å². The number of carbonyl (C=O) groups is 1. The highest BCUT2D eigenvalue weighted by atomic mass is 16.1. The standard InChI is InChI=1S/C15H23N3O/c1-15(2)8-10(15)9-17-14(19)12-7-11(16)5-6-13(12)18(3)4/h5-7,10H,8-9,16H2,1-4H3,(H,17,19). The zero-order valence-corrected chi connectivity index (χ0v) is 12.2. The molecule has 0 aliphatic heterocycles. The molecule has 1 atom stereocenters. The Hall–Kier alpha value is -1.71. The van der Waals surface area contributed by atoms with Gasteiger partial charge in [0.05, 0.1) is 5.56 Å². The van der Waals surface area contributed by atoms with Crippen LogP contribution in [0.3, 0.4) is 0 Å². The Bertz CT molecular complexity index is 494. The molecule has 1 aliphatic rings. The number of rotatable bonds is 4. The van der Waals surface area contributed by atoms with Gasteiger partial charge in [0.2, 0.25) is 0 Å². The summed E-state index contributed by atoms with van der Waals surface area (Å²) >= 11 is 0. The largest absolute Gasteiger partial charge is 0.399 e. The fourth-order valence-corrected chi connectivity index (χ4v) is 2.36. The summed E-state index contributed by atoms with van der Waals surface area (Å²) in [4.78, 5) is 14.2. The molecular formula is C15H23N3O. The summed E-state index contributed by atoms with van der Waals surface area (Å²) in [5, 5.41) is 3.02. The molecule has 0 saturated heterocycles. The van der Waals surface area contributed by atoms with Gasteiger partial charge in [-0.3, -0.25) is 4.79 Å². The number of nitrogens with two attached hydrogens (primary N) is 1. The summed E-state index contributed by atoms with van der Waals surface area (Å²) in [6, 6.07) is 5.43. The van der Waals surface area contributed by atoms with E-state index >= 15 is 0 Å². The molecule has 0 bridgehead atoms. The van der Waals surface area contributed by atoms with E-state index in [1.54, 1.807) is 6.07 Å². The number of nitrogen functional groups attached to an aromatic ring is 1. The first kappa shape index (κ1) is 13.7. The molecule has 4 nitrogen and oxygen atoms in total. The number of amides is 1. The van der Waals surface area contributed by atoms with Crippen LogP contribution in [0, 0.1) is 11.3 Å². The maximum absolute atomic E-state index is 12.3.